The summed E-state index contributed by atoms with van der Waals surface area (Å²) < 4.78 is 41.8. The van der Waals surface area contributed by atoms with Crippen LogP contribution in [0.25, 0.3) is 0 Å². The van der Waals surface area contributed by atoms with Crippen LogP contribution in [-0.2, 0) is 12.7 Å². The molecule has 3 aliphatic heterocycles. The number of hydrogen-bond acceptors (Lipinski definition) is 6. The summed E-state index contributed by atoms with van der Waals surface area (Å²) in [7, 11) is 2.00. The van der Waals surface area contributed by atoms with Gasteiger partial charge in [-0.3, -0.25) is 14.6 Å². The van der Waals surface area contributed by atoms with Crippen LogP contribution in [-0.4, -0.2) is 66.2 Å². The van der Waals surface area contributed by atoms with Crippen molar-refractivity contribution in [2.75, 3.05) is 45.1 Å². The number of amides is 1. The van der Waals surface area contributed by atoms with Crippen molar-refractivity contribution in [3.63, 3.8) is 0 Å². The lowest BCUT2D eigenvalue weighted by Gasteiger charge is -2.33. The number of hydrogen-bond donors (Lipinski definition) is 2. The van der Waals surface area contributed by atoms with Gasteiger partial charge in [-0.05, 0) is 61.4 Å². The fourth-order valence-corrected chi connectivity index (χ4v) is 4.63. The van der Waals surface area contributed by atoms with Crippen LogP contribution in [0, 0.1) is 18.9 Å². The van der Waals surface area contributed by atoms with Gasteiger partial charge in [-0.15, -0.1) is 12.4 Å². The minimum absolute atomic E-state index is 0. The maximum absolute atomic E-state index is 13.9. The number of halogens is 4. The van der Waals surface area contributed by atoms with Crippen LogP contribution < -0.4 is 10.6 Å². The molecule has 2 aromatic carbocycles. The number of rotatable bonds is 4. The van der Waals surface area contributed by atoms with Crippen molar-refractivity contribution in [2.45, 2.75) is 19.6 Å². The van der Waals surface area contributed by atoms with Crippen LogP contribution in [0.1, 0.15) is 32.6 Å². The van der Waals surface area contributed by atoms with Crippen molar-refractivity contribution in [1.29, 1.82) is 0 Å². The van der Waals surface area contributed by atoms with Crippen LogP contribution in [0.3, 0.4) is 0 Å². The first-order valence-corrected chi connectivity index (χ1v) is 12.7. The molecule has 3 aliphatic rings. The summed E-state index contributed by atoms with van der Waals surface area (Å²) in [5.41, 5.74) is 2.28. The van der Waals surface area contributed by atoms with Crippen molar-refractivity contribution in [3.8, 4) is 12.0 Å². The summed E-state index contributed by atoms with van der Waals surface area (Å²) in [6.45, 7) is 5.74. The number of fused-ring (bicyclic) bond motifs is 1. The second-order valence-electron chi connectivity index (χ2n) is 9.81. The highest BCUT2D eigenvalue weighted by Crippen LogP contribution is 2.34. The second kappa shape index (κ2) is 12.2. The van der Waals surface area contributed by atoms with Crippen LogP contribution in [0.2, 0.25) is 0 Å². The number of benzene rings is 2. The molecule has 0 radical (unpaired) electrons. The van der Waals surface area contributed by atoms with E-state index in [9.17, 15) is 18.0 Å². The number of carbonyl (C=O) groups excluding carboxylic acids is 1. The predicted molar refractivity (Wildman–Crippen MR) is 152 cm³/mol. The Morgan fingerprint density at radius 1 is 1.12 bits per heavy atom. The molecule has 1 fully saturated rings. The van der Waals surface area contributed by atoms with Crippen LogP contribution in [0.5, 0.6) is 0 Å². The van der Waals surface area contributed by atoms with Gasteiger partial charge in [-0.2, -0.15) is 13.2 Å². The van der Waals surface area contributed by atoms with Crippen LogP contribution in [0.15, 0.2) is 65.6 Å². The van der Waals surface area contributed by atoms with Gasteiger partial charge in [0.25, 0.3) is 5.91 Å². The standard InChI is InChI=1S/C29H29F3N6O.ClH/c1-20-3-4-22(17-21(20)7-11-38-12-8-26-27(38)34-10-9-33-26)28(39)35-24-6-5-23(25(18-24)29(30,31)32)19-37-15-13-36(2)14-16-37;/h3-6,8-10,17-18,33H,12-16,19H2,1-2H3,(H,35,39);1H. The molecule has 0 spiro atoms. The summed E-state index contributed by atoms with van der Waals surface area (Å²) in [6.07, 6.45) is 0.857. The molecule has 0 aromatic heterocycles. The fraction of sp³-hybridized carbons (Fsp3) is 0.310. The maximum atomic E-state index is 13.9. The van der Waals surface area contributed by atoms with Gasteiger partial charge in [0.05, 0.1) is 17.8 Å². The lowest BCUT2D eigenvalue weighted by atomic mass is 10.0. The smallest absolute Gasteiger partial charge is 0.357 e. The van der Waals surface area contributed by atoms with Crippen molar-refractivity contribution in [2.24, 2.45) is 4.99 Å². The van der Waals surface area contributed by atoms with Crippen molar-refractivity contribution >= 4 is 29.8 Å². The van der Waals surface area contributed by atoms with Gasteiger partial charge in [0.15, 0.2) is 5.84 Å². The van der Waals surface area contributed by atoms with Gasteiger partial charge < -0.3 is 15.5 Å². The molecular formula is C29H30ClF3N6O. The Labute approximate surface area is 237 Å². The van der Waals surface area contributed by atoms with Gasteiger partial charge >= 0.3 is 6.18 Å². The summed E-state index contributed by atoms with van der Waals surface area (Å²) in [4.78, 5) is 23.3. The molecule has 1 amide bonds. The Bertz CT molecular complexity index is 1430. The zero-order chi connectivity index (χ0) is 27.6. The minimum atomic E-state index is -4.53. The molecule has 5 rings (SSSR count). The van der Waals surface area contributed by atoms with E-state index >= 15 is 0 Å². The first kappa shape index (κ1) is 29.2. The molecule has 7 nitrogen and oxygen atoms in total. The molecule has 3 heterocycles. The van der Waals surface area contributed by atoms with Crippen molar-refractivity contribution in [3.05, 3.63) is 88.4 Å². The highest BCUT2D eigenvalue weighted by molar-refractivity contribution is 6.04. The normalized spacial score (nSPS) is 17.1. The Balaban J connectivity index is 0.00000370. The quantitative estimate of drug-likeness (QED) is 0.533. The van der Waals surface area contributed by atoms with Crippen molar-refractivity contribution < 1.29 is 18.0 Å². The van der Waals surface area contributed by atoms with E-state index in [1.54, 1.807) is 35.5 Å². The monoisotopic (exact) mass is 570 g/mol. The Morgan fingerprint density at radius 2 is 1.90 bits per heavy atom. The molecule has 0 aliphatic carbocycles. The number of alkyl halides is 3. The SMILES string of the molecule is Cc1ccc(C(=O)Nc2ccc(CN3CCN(C)CC3)c(C(F)(F)F)c2)cc1C#CN1CC=C2NC=CN=C21.Cl. The first-order chi connectivity index (χ1) is 18.7. The fourth-order valence-electron chi connectivity index (χ4n) is 4.63. The number of piperazine rings is 1. The van der Waals surface area contributed by atoms with E-state index in [1.807, 2.05) is 24.9 Å². The lowest BCUT2D eigenvalue weighted by Crippen LogP contribution is -2.44. The number of aliphatic imine (C=N–C) groups is 1. The number of nitrogens with zero attached hydrogens (tertiary/aromatic N) is 4. The summed E-state index contributed by atoms with van der Waals surface area (Å²) in [5, 5.41) is 5.75. The highest BCUT2D eigenvalue weighted by atomic mass is 35.5. The Hall–Kier alpha value is -3.78. The number of anilines is 1. The topological polar surface area (TPSA) is 63.2 Å². The van der Waals surface area contributed by atoms with Crippen molar-refractivity contribution in [1.82, 2.24) is 20.0 Å². The van der Waals surface area contributed by atoms with Crippen LogP contribution in [0.4, 0.5) is 18.9 Å². The van der Waals surface area contributed by atoms with Gasteiger partial charge in [-0.25, -0.2) is 4.99 Å². The zero-order valence-corrected chi connectivity index (χ0v) is 23.0. The maximum Gasteiger partial charge on any atom is 0.416 e. The number of carbonyl (C=O) groups is 1. The van der Waals surface area contributed by atoms with E-state index in [-0.39, 0.29) is 30.2 Å². The predicted octanol–water partition coefficient (Wildman–Crippen LogP) is 4.42. The average molecular weight is 571 g/mol. The van der Waals surface area contributed by atoms with E-state index in [4.69, 9.17) is 0 Å². The van der Waals surface area contributed by atoms with Gasteiger partial charge in [0.1, 0.15) is 0 Å². The molecule has 40 heavy (non-hydrogen) atoms. The van der Waals surface area contributed by atoms with Gasteiger partial charge in [-0.1, -0.05) is 12.1 Å². The molecule has 0 atom stereocenters. The summed E-state index contributed by atoms with van der Waals surface area (Å²) in [5.74, 6) is 3.32. The number of aryl methyl sites for hydroxylation is 1. The summed E-state index contributed by atoms with van der Waals surface area (Å²) in [6, 6.07) is 12.1. The Morgan fingerprint density at radius 3 is 2.65 bits per heavy atom. The zero-order valence-electron chi connectivity index (χ0n) is 22.2. The third-order valence-corrected chi connectivity index (χ3v) is 6.97. The van der Waals surface area contributed by atoms with E-state index < -0.39 is 17.6 Å². The van der Waals surface area contributed by atoms with Gasteiger partial charge in [0, 0.05) is 68.0 Å². The molecule has 2 aromatic rings. The van der Waals surface area contributed by atoms with E-state index in [2.05, 4.69) is 32.5 Å². The Kier molecular flexibility index (Phi) is 8.88. The molecule has 0 unspecified atom stereocenters. The number of nitrogens with one attached hydrogen (secondary N) is 2. The molecule has 0 bridgehead atoms. The van der Waals surface area contributed by atoms with E-state index in [0.717, 1.165) is 36.3 Å². The number of amidine groups is 1. The van der Waals surface area contributed by atoms with E-state index in [1.165, 1.54) is 12.1 Å². The molecule has 210 valence electrons. The van der Waals surface area contributed by atoms with Gasteiger partial charge in [0.2, 0.25) is 0 Å². The van der Waals surface area contributed by atoms with Crippen LogP contribution >= 0.6 is 12.4 Å². The largest absolute Gasteiger partial charge is 0.416 e. The molecular weight excluding hydrogens is 541 g/mol. The molecule has 1 saturated heterocycles. The average Bonchev–Trinajstić information content (AvgIpc) is 3.33. The van der Waals surface area contributed by atoms with E-state index in [0.29, 0.717) is 30.8 Å². The highest BCUT2D eigenvalue weighted by Gasteiger charge is 2.34. The first-order valence-electron chi connectivity index (χ1n) is 12.7. The lowest BCUT2D eigenvalue weighted by molar-refractivity contribution is -0.138. The molecule has 2 N–H and O–H groups in total. The minimum Gasteiger partial charge on any atom is -0.357 e. The second-order valence-corrected chi connectivity index (χ2v) is 9.81. The number of likely N-dealkylation sites (N-methyl/N-ethyl adjacent to an activating group) is 1. The third-order valence-electron chi connectivity index (χ3n) is 6.97. The third kappa shape index (κ3) is 6.67. The summed E-state index contributed by atoms with van der Waals surface area (Å²) >= 11 is 0. The molecule has 11 heteroatoms. The molecule has 0 saturated carbocycles.